The summed E-state index contributed by atoms with van der Waals surface area (Å²) < 4.78 is 8.54. The van der Waals surface area contributed by atoms with E-state index in [9.17, 15) is 9.59 Å². The Morgan fingerprint density at radius 1 is 1.15 bits per heavy atom. The predicted octanol–water partition coefficient (Wildman–Crippen LogP) is 4.43. The number of nitrogens with one attached hydrogen (secondary N) is 1. The highest BCUT2D eigenvalue weighted by molar-refractivity contribution is 7.22. The third-order valence-corrected chi connectivity index (χ3v) is 7.04. The smallest absolute Gasteiger partial charge is 0.265 e. The van der Waals surface area contributed by atoms with Crippen molar-refractivity contribution in [3.05, 3.63) is 69.6 Å². The van der Waals surface area contributed by atoms with Gasteiger partial charge in [0.15, 0.2) is 5.75 Å². The minimum atomic E-state index is -0.223. The molecule has 0 unspecified atom stereocenters. The molecular formula is C26H32N4O3S. The van der Waals surface area contributed by atoms with Crippen molar-refractivity contribution in [3.63, 3.8) is 0 Å². The number of amides is 1. The van der Waals surface area contributed by atoms with Crippen LogP contribution in [0.3, 0.4) is 0 Å². The Hall–Kier alpha value is -3.23. The van der Waals surface area contributed by atoms with Crippen LogP contribution in [0.2, 0.25) is 0 Å². The first-order chi connectivity index (χ1) is 16.0. The van der Waals surface area contributed by atoms with Gasteiger partial charge in [-0.05, 0) is 36.9 Å². The second-order valence-electron chi connectivity index (χ2n) is 7.77. The molecule has 0 saturated heterocycles. The largest absolute Gasteiger partial charge is 0.486 e. The van der Waals surface area contributed by atoms with Crippen molar-refractivity contribution in [3.8, 4) is 5.75 Å². The molecule has 4 aromatic rings. The third kappa shape index (κ3) is 4.98. The van der Waals surface area contributed by atoms with Crippen LogP contribution in [0.15, 0.2) is 53.6 Å². The minimum Gasteiger partial charge on any atom is -0.486 e. The number of para-hydroxylation sites is 1. The normalized spacial score (nSPS) is 11.1. The van der Waals surface area contributed by atoms with Gasteiger partial charge in [-0.3, -0.25) is 14.6 Å². The molecule has 3 heterocycles. The first kappa shape index (κ1) is 25.4. The van der Waals surface area contributed by atoms with E-state index < -0.39 is 0 Å². The number of benzene rings is 1. The summed E-state index contributed by atoms with van der Waals surface area (Å²) in [7, 11) is 1.75. The fourth-order valence-electron chi connectivity index (χ4n) is 3.90. The van der Waals surface area contributed by atoms with E-state index in [0.29, 0.717) is 22.6 Å². The molecule has 1 N–H and O–H groups in total. The van der Waals surface area contributed by atoms with Gasteiger partial charge in [-0.1, -0.05) is 39.5 Å². The number of fused-ring (bicyclic) bond motifs is 3. The summed E-state index contributed by atoms with van der Waals surface area (Å²) in [5.41, 5.74) is 1.56. The standard InChI is InChI=1S/C25H28N4O3S.CH4/c1-4-29(5-2)15-14-27-24(30)23-21(32-16-17-10-12-26-13-11-17)20-22(33-23)18-8-6-7-9-19(18)28(3)25(20)31;/h6-13H,4-5,14-16H2,1-3H3,(H,27,30);1H4. The summed E-state index contributed by atoms with van der Waals surface area (Å²) in [4.78, 5) is 33.3. The highest BCUT2D eigenvalue weighted by atomic mass is 32.1. The van der Waals surface area contributed by atoms with Gasteiger partial charge in [-0.2, -0.15) is 0 Å². The molecule has 1 amide bonds. The van der Waals surface area contributed by atoms with Crippen LogP contribution in [0.1, 0.15) is 36.5 Å². The van der Waals surface area contributed by atoms with Crippen molar-refractivity contribution in [1.29, 1.82) is 0 Å². The van der Waals surface area contributed by atoms with Gasteiger partial charge in [-0.25, -0.2) is 0 Å². The van der Waals surface area contributed by atoms with E-state index in [-0.39, 0.29) is 25.5 Å². The number of carbonyl (C=O) groups excluding carboxylic acids is 1. The molecule has 0 spiro atoms. The maximum absolute atomic E-state index is 13.3. The molecular weight excluding hydrogens is 448 g/mol. The SMILES string of the molecule is C.CCN(CC)CCNC(=O)c1sc2c(c1OCc1ccncc1)c(=O)n(C)c1ccccc21. The highest BCUT2D eigenvalue weighted by Crippen LogP contribution is 2.39. The van der Waals surface area contributed by atoms with Crippen LogP contribution in [0, 0.1) is 0 Å². The van der Waals surface area contributed by atoms with Crippen LogP contribution in [-0.2, 0) is 13.7 Å². The lowest BCUT2D eigenvalue weighted by Gasteiger charge is -2.17. The van der Waals surface area contributed by atoms with Crippen LogP contribution in [0.5, 0.6) is 5.75 Å². The van der Waals surface area contributed by atoms with Crippen LogP contribution in [0.4, 0.5) is 0 Å². The van der Waals surface area contributed by atoms with E-state index in [1.807, 2.05) is 36.4 Å². The van der Waals surface area contributed by atoms with Crippen molar-refractivity contribution in [1.82, 2.24) is 19.8 Å². The molecule has 8 heteroatoms. The lowest BCUT2D eigenvalue weighted by Crippen LogP contribution is -2.34. The summed E-state index contributed by atoms with van der Waals surface area (Å²) in [6, 6.07) is 11.4. The van der Waals surface area contributed by atoms with Gasteiger partial charge < -0.3 is 19.5 Å². The number of aryl methyl sites for hydroxylation is 1. The Morgan fingerprint density at radius 2 is 1.85 bits per heavy atom. The number of rotatable bonds is 9. The Kier molecular flexibility index (Phi) is 8.41. The molecule has 0 aliphatic carbocycles. The molecule has 0 aliphatic rings. The number of carbonyl (C=O) groups is 1. The van der Waals surface area contributed by atoms with E-state index in [0.717, 1.165) is 40.8 Å². The van der Waals surface area contributed by atoms with Crippen molar-refractivity contribution >= 4 is 38.2 Å². The number of likely N-dealkylation sites (N-methyl/N-ethyl adjacent to an activating group) is 1. The molecule has 0 aliphatic heterocycles. The number of nitrogens with zero attached hydrogens (tertiary/aromatic N) is 3. The van der Waals surface area contributed by atoms with E-state index in [1.54, 1.807) is 24.0 Å². The average molecular weight is 481 g/mol. The monoisotopic (exact) mass is 480 g/mol. The van der Waals surface area contributed by atoms with Gasteiger partial charge in [0, 0.05) is 37.9 Å². The molecule has 0 bridgehead atoms. The number of ether oxygens (including phenoxy) is 1. The first-order valence-corrected chi connectivity index (χ1v) is 11.9. The van der Waals surface area contributed by atoms with Gasteiger partial charge in [0.25, 0.3) is 11.5 Å². The molecule has 4 rings (SSSR count). The van der Waals surface area contributed by atoms with Crippen LogP contribution < -0.4 is 15.6 Å². The topological polar surface area (TPSA) is 76.5 Å². The summed E-state index contributed by atoms with van der Waals surface area (Å²) in [6.45, 7) is 7.59. The quantitative estimate of drug-likeness (QED) is 0.383. The summed E-state index contributed by atoms with van der Waals surface area (Å²) in [5, 5.41) is 4.39. The van der Waals surface area contributed by atoms with Crippen molar-refractivity contribution < 1.29 is 9.53 Å². The molecule has 34 heavy (non-hydrogen) atoms. The third-order valence-electron chi connectivity index (χ3n) is 5.84. The molecule has 180 valence electrons. The number of hydrogen-bond acceptors (Lipinski definition) is 6. The fourth-order valence-corrected chi connectivity index (χ4v) is 5.09. The number of aromatic nitrogens is 2. The zero-order valence-corrected chi connectivity index (χ0v) is 19.9. The summed E-state index contributed by atoms with van der Waals surface area (Å²) in [6.07, 6.45) is 3.38. The predicted molar refractivity (Wildman–Crippen MR) is 140 cm³/mol. The molecule has 0 radical (unpaired) electrons. The van der Waals surface area contributed by atoms with E-state index in [1.165, 1.54) is 11.3 Å². The lowest BCUT2D eigenvalue weighted by atomic mass is 10.1. The van der Waals surface area contributed by atoms with Crippen molar-refractivity contribution in [2.45, 2.75) is 27.9 Å². The van der Waals surface area contributed by atoms with E-state index >= 15 is 0 Å². The fraction of sp³-hybridized carbons (Fsp3) is 0.346. The lowest BCUT2D eigenvalue weighted by molar-refractivity contribution is 0.0949. The average Bonchev–Trinajstić information content (AvgIpc) is 3.24. The van der Waals surface area contributed by atoms with Gasteiger partial charge in [0.2, 0.25) is 0 Å². The van der Waals surface area contributed by atoms with Gasteiger partial charge in [0.1, 0.15) is 16.9 Å². The van der Waals surface area contributed by atoms with Crippen LogP contribution >= 0.6 is 11.3 Å². The van der Waals surface area contributed by atoms with Crippen molar-refractivity contribution in [2.24, 2.45) is 7.05 Å². The number of pyridine rings is 2. The van der Waals surface area contributed by atoms with Crippen LogP contribution in [-0.4, -0.2) is 46.5 Å². The molecule has 0 saturated carbocycles. The van der Waals surface area contributed by atoms with Crippen molar-refractivity contribution in [2.75, 3.05) is 26.2 Å². The highest BCUT2D eigenvalue weighted by Gasteiger charge is 2.25. The summed E-state index contributed by atoms with van der Waals surface area (Å²) in [5.74, 6) is 0.123. The van der Waals surface area contributed by atoms with E-state index in [2.05, 4.69) is 29.0 Å². The summed E-state index contributed by atoms with van der Waals surface area (Å²) >= 11 is 1.31. The maximum atomic E-state index is 13.3. The second kappa shape index (κ2) is 11.3. The minimum absolute atomic E-state index is 0. The molecule has 7 nitrogen and oxygen atoms in total. The Labute approximate surface area is 204 Å². The molecule has 1 aromatic carbocycles. The zero-order valence-electron chi connectivity index (χ0n) is 19.1. The number of hydrogen-bond donors (Lipinski definition) is 1. The number of thiophene rings is 1. The first-order valence-electron chi connectivity index (χ1n) is 11.1. The zero-order chi connectivity index (χ0) is 23.4. The Bertz CT molecular complexity index is 1330. The molecule has 0 atom stereocenters. The van der Waals surface area contributed by atoms with Gasteiger partial charge >= 0.3 is 0 Å². The Balaban J connectivity index is 0.00000324. The maximum Gasteiger partial charge on any atom is 0.265 e. The molecule has 3 aromatic heterocycles. The second-order valence-corrected chi connectivity index (χ2v) is 8.79. The Morgan fingerprint density at radius 3 is 2.56 bits per heavy atom. The van der Waals surface area contributed by atoms with Crippen LogP contribution in [0.25, 0.3) is 21.0 Å². The van der Waals surface area contributed by atoms with Gasteiger partial charge in [-0.15, -0.1) is 11.3 Å². The molecule has 0 fully saturated rings. The van der Waals surface area contributed by atoms with Gasteiger partial charge in [0.05, 0.1) is 10.2 Å². The van der Waals surface area contributed by atoms with E-state index in [4.69, 9.17) is 4.74 Å².